The second-order valence-corrected chi connectivity index (χ2v) is 5.45. The molecule has 1 heterocycles. The normalized spacial score (nSPS) is 10.3. The average molecular weight is 325 g/mol. The first kappa shape index (κ1) is 15.2. The fraction of sp³-hybridized carbons (Fsp3) is 0.118. The molecular formula is C17H15N3O2S. The highest BCUT2D eigenvalue weighted by Crippen LogP contribution is 2.12. The molecule has 0 saturated heterocycles. The SMILES string of the molecule is O=C(NCc1cccc(COc2ccccc2)c1)c1cnsn1. The number of amides is 1. The van der Waals surface area contributed by atoms with Crippen molar-refractivity contribution in [2.24, 2.45) is 0 Å². The summed E-state index contributed by atoms with van der Waals surface area (Å²) in [5, 5.41) is 2.83. The molecule has 0 fully saturated rings. The molecular weight excluding hydrogens is 310 g/mol. The molecule has 3 aromatic rings. The van der Waals surface area contributed by atoms with Crippen LogP contribution in [0.15, 0.2) is 60.8 Å². The van der Waals surface area contributed by atoms with Crippen molar-refractivity contribution in [3.8, 4) is 5.75 Å². The van der Waals surface area contributed by atoms with E-state index in [0.717, 1.165) is 28.6 Å². The summed E-state index contributed by atoms with van der Waals surface area (Å²) in [6.45, 7) is 0.928. The van der Waals surface area contributed by atoms with Crippen LogP contribution in [0.1, 0.15) is 21.6 Å². The van der Waals surface area contributed by atoms with Gasteiger partial charge in [0.2, 0.25) is 0 Å². The molecule has 0 saturated carbocycles. The van der Waals surface area contributed by atoms with Crippen molar-refractivity contribution in [1.82, 2.24) is 14.1 Å². The fourth-order valence-corrected chi connectivity index (χ4v) is 2.46. The van der Waals surface area contributed by atoms with Crippen molar-refractivity contribution in [2.45, 2.75) is 13.2 Å². The van der Waals surface area contributed by atoms with E-state index in [1.807, 2.05) is 54.6 Å². The molecule has 1 aromatic heterocycles. The van der Waals surface area contributed by atoms with Crippen LogP contribution in [0.2, 0.25) is 0 Å². The minimum absolute atomic E-state index is 0.218. The van der Waals surface area contributed by atoms with Crippen LogP contribution >= 0.6 is 11.7 Å². The van der Waals surface area contributed by atoms with Crippen LogP contribution in [0.25, 0.3) is 0 Å². The van der Waals surface area contributed by atoms with E-state index in [1.54, 1.807) is 0 Å². The summed E-state index contributed by atoms with van der Waals surface area (Å²) in [7, 11) is 0. The minimum Gasteiger partial charge on any atom is -0.489 e. The van der Waals surface area contributed by atoms with Gasteiger partial charge in [0.15, 0.2) is 5.69 Å². The maximum absolute atomic E-state index is 11.8. The molecule has 3 rings (SSSR count). The molecule has 1 N–H and O–H groups in total. The van der Waals surface area contributed by atoms with Gasteiger partial charge in [-0.3, -0.25) is 4.79 Å². The first-order valence-corrected chi connectivity index (χ1v) is 7.86. The predicted octanol–water partition coefficient (Wildman–Crippen LogP) is 3.05. The van der Waals surface area contributed by atoms with Gasteiger partial charge in [0, 0.05) is 6.54 Å². The zero-order valence-electron chi connectivity index (χ0n) is 12.3. The molecule has 0 radical (unpaired) electrons. The highest BCUT2D eigenvalue weighted by atomic mass is 32.1. The number of para-hydroxylation sites is 1. The van der Waals surface area contributed by atoms with Crippen molar-refractivity contribution in [2.75, 3.05) is 0 Å². The summed E-state index contributed by atoms with van der Waals surface area (Å²) in [5.74, 6) is 0.618. The topological polar surface area (TPSA) is 64.1 Å². The van der Waals surface area contributed by atoms with E-state index in [1.165, 1.54) is 6.20 Å². The van der Waals surface area contributed by atoms with Gasteiger partial charge in [-0.15, -0.1) is 0 Å². The molecule has 5 nitrogen and oxygen atoms in total. The Hall–Kier alpha value is -2.73. The van der Waals surface area contributed by atoms with Crippen LogP contribution in [-0.2, 0) is 13.2 Å². The van der Waals surface area contributed by atoms with E-state index in [9.17, 15) is 4.79 Å². The third-order valence-corrected chi connectivity index (χ3v) is 3.67. The molecule has 6 heteroatoms. The lowest BCUT2D eigenvalue weighted by atomic mass is 10.1. The second kappa shape index (κ2) is 7.51. The summed E-state index contributed by atoms with van der Waals surface area (Å²) < 4.78 is 13.5. The number of aromatic nitrogens is 2. The molecule has 0 aliphatic heterocycles. The number of hydrogen-bond acceptors (Lipinski definition) is 5. The summed E-state index contributed by atoms with van der Waals surface area (Å²) >= 11 is 1.02. The summed E-state index contributed by atoms with van der Waals surface area (Å²) in [5.41, 5.74) is 2.41. The van der Waals surface area contributed by atoms with Gasteiger partial charge in [-0.25, -0.2) is 0 Å². The fourth-order valence-electron chi connectivity index (χ4n) is 2.05. The Balaban J connectivity index is 1.56. The molecule has 23 heavy (non-hydrogen) atoms. The molecule has 0 aliphatic rings. The summed E-state index contributed by atoms with van der Waals surface area (Å²) in [6, 6.07) is 17.6. The maximum Gasteiger partial charge on any atom is 0.272 e. The Morgan fingerprint density at radius 3 is 2.70 bits per heavy atom. The number of carbonyl (C=O) groups excluding carboxylic acids is 1. The van der Waals surface area contributed by atoms with Crippen molar-refractivity contribution in [3.63, 3.8) is 0 Å². The van der Waals surface area contributed by atoms with Crippen LogP contribution in [0.5, 0.6) is 5.75 Å². The number of hydrogen-bond donors (Lipinski definition) is 1. The van der Waals surface area contributed by atoms with Crippen LogP contribution in [-0.4, -0.2) is 14.7 Å². The van der Waals surface area contributed by atoms with E-state index >= 15 is 0 Å². The van der Waals surface area contributed by atoms with Gasteiger partial charge in [0.25, 0.3) is 5.91 Å². The Morgan fingerprint density at radius 2 is 1.91 bits per heavy atom. The van der Waals surface area contributed by atoms with Gasteiger partial charge >= 0.3 is 0 Å². The zero-order chi connectivity index (χ0) is 15.9. The highest BCUT2D eigenvalue weighted by molar-refractivity contribution is 6.99. The summed E-state index contributed by atoms with van der Waals surface area (Å²) in [4.78, 5) is 11.8. The van der Waals surface area contributed by atoms with E-state index < -0.39 is 0 Å². The molecule has 2 aromatic carbocycles. The van der Waals surface area contributed by atoms with Crippen molar-refractivity contribution >= 4 is 17.6 Å². The van der Waals surface area contributed by atoms with Crippen LogP contribution in [0.3, 0.4) is 0 Å². The Labute approximate surface area is 138 Å². The lowest BCUT2D eigenvalue weighted by Gasteiger charge is -2.08. The first-order chi connectivity index (χ1) is 11.3. The highest BCUT2D eigenvalue weighted by Gasteiger charge is 2.08. The van der Waals surface area contributed by atoms with Gasteiger partial charge in [-0.2, -0.15) is 8.75 Å². The van der Waals surface area contributed by atoms with E-state index in [0.29, 0.717) is 18.8 Å². The Kier molecular flexibility index (Phi) is 4.95. The van der Waals surface area contributed by atoms with Gasteiger partial charge in [0.05, 0.1) is 17.9 Å². The summed E-state index contributed by atoms with van der Waals surface area (Å²) in [6.07, 6.45) is 1.46. The molecule has 0 atom stereocenters. The van der Waals surface area contributed by atoms with Crippen molar-refractivity contribution in [3.05, 3.63) is 77.6 Å². The lowest BCUT2D eigenvalue weighted by Crippen LogP contribution is -2.23. The van der Waals surface area contributed by atoms with Crippen molar-refractivity contribution < 1.29 is 9.53 Å². The predicted molar refractivity (Wildman–Crippen MR) is 88.3 cm³/mol. The largest absolute Gasteiger partial charge is 0.489 e. The van der Waals surface area contributed by atoms with Crippen molar-refractivity contribution in [1.29, 1.82) is 0 Å². The Bertz CT molecular complexity index is 761. The van der Waals surface area contributed by atoms with Gasteiger partial charge in [-0.1, -0.05) is 42.5 Å². The number of nitrogens with zero attached hydrogens (tertiary/aromatic N) is 2. The van der Waals surface area contributed by atoms with E-state index in [4.69, 9.17) is 4.74 Å². The number of ether oxygens (including phenoxy) is 1. The molecule has 116 valence electrons. The molecule has 0 unspecified atom stereocenters. The monoisotopic (exact) mass is 325 g/mol. The van der Waals surface area contributed by atoms with Gasteiger partial charge < -0.3 is 10.1 Å². The standard InChI is InChI=1S/C17H15N3O2S/c21-17(16-11-19-23-20-16)18-10-13-5-4-6-14(9-13)12-22-15-7-2-1-3-8-15/h1-9,11H,10,12H2,(H,18,21). The quantitative estimate of drug-likeness (QED) is 0.756. The second-order valence-electron chi connectivity index (χ2n) is 4.90. The number of benzene rings is 2. The molecule has 0 spiro atoms. The third-order valence-electron chi connectivity index (χ3n) is 3.19. The van der Waals surface area contributed by atoms with Crippen LogP contribution < -0.4 is 10.1 Å². The first-order valence-electron chi connectivity index (χ1n) is 7.13. The number of carbonyl (C=O) groups is 1. The van der Waals surface area contributed by atoms with Gasteiger partial charge in [-0.05, 0) is 23.3 Å². The zero-order valence-corrected chi connectivity index (χ0v) is 13.1. The van der Waals surface area contributed by atoms with Gasteiger partial charge in [0.1, 0.15) is 12.4 Å². The maximum atomic E-state index is 11.8. The van der Waals surface area contributed by atoms with Crippen LogP contribution in [0.4, 0.5) is 0 Å². The number of rotatable bonds is 6. The van der Waals surface area contributed by atoms with E-state index in [-0.39, 0.29) is 5.91 Å². The minimum atomic E-state index is -0.218. The third kappa shape index (κ3) is 4.37. The number of nitrogens with one attached hydrogen (secondary N) is 1. The molecule has 0 bridgehead atoms. The Morgan fingerprint density at radius 1 is 1.09 bits per heavy atom. The average Bonchev–Trinajstić information content (AvgIpc) is 3.14. The van der Waals surface area contributed by atoms with E-state index in [2.05, 4.69) is 14.1 Å². The molecule has 1 amide bonds. The lowest BCUT2D eigenvalue weighted by molar-refractivity contribution is 0.0947. The van der Waals surface area contributed by atoms with Crippen LogP contribution in [0, 0.1) is 0 Å². The molecule has 0 aliphatic carbocycles. The smallest absolute Gasteiger partial charge is 0.272 e.